The maximum absolute atomic E-state index is 13.0. The highest BCUT2D eigenvalue weighted by atomic mass is 32.2. The molecule has 1 atom stereocenters. The molecule has 3 aliphatic rings. The summed E-state index contributed by atoms with van der Waals surface area (Å²) < 4.78 is 37.7. The molecule has 128 valence electrons. The Hall–Kier alpha value is -2.58. The lowest BCUT2D eigenvalue weighted by molar-refractivity contribution is -0.119. The molecule has 1 unspecified atom stereocenters. The second-order valence-corrected chi connectivity index (χ2v) is 7.93. The summed E-state index contributed by atoms with van der Waals surface area (Å²) in [7, 11) is -3.66. The summed E-state index contributed by atoms with van der Waals surface area (Å²) in [5.74, 6) is 0.928. The van der Waals surface area contributed by atoms with Crippen molar-refractivity contribution in [3.8, 4) is 11.5 Å². The van der Waals surface area contributed by atoms with E-state index in [-0.39, 0.29) is 17.5 Å². The van der Waals surface area contributed by atoms with Crippen LogP contribution in [0.25, 0.3) is 0 Å². The van der Waals surface area contributed by atoms with Crippen molar-refractivity contribution in [2.45, 2.75) is 10.9 Å². The first-order valence-electron chi connectivity index (χ1n) is 7.89. The molecule has 0 bridgehead atoms. The highest BCUT2D eigenvalue weighted by Crippen LogP contribution is 2.45. The average molecular weight is 358 g/mol. The van der Waals surface area contributed by atoms with Crippen molar-refractivity contribution < 1.29 is 22.7 Å². The molecule has 5 rings (SSSR count). The lowest BCUT2D eigenvalue weighted by Crippen LogP contribution is -2.29. The molecule has 3 heterocycles. The Kier molecular flexibility index (Phi) is 2.93. The van der Waals surface area contributed by atoms with E-state index in [0.717, 1.165) is 0 Å². The number of carbonyl (C=O) groups excluding carboxylic acids is 1. The van der Waals surface area contributed by atoms with Gasteiger partial charge in [0.1, 0.15) is 19.3 Å². The maximum atomic E-state index is 13.0. The zero-order valence-corrected chi connectivity index (χ0v) is 13.9. The summed E-state index contributed by atoms with van der Waals surface area (Å²) in [6, 6.07) is 11.1. The van der Waals surface area contributed by atoms with Gasteiger partial charge in [-0.05, 0) is 23.8 Å². The van der Waals surface area contributed by atoms with Crippen molar-refractivity contribution >= 4 is 21.6 Å². The third-order valence-corrected chi connectivity index (χ3v) is 6.58. The molecule has 2 aromatic carbocycles. The smallest absolute Gasteiger partial charge is 0.251 e. The highest BCUT2D eigenvalue weighted by Gasteiger charge is 2.53. The van der Waals surface area contributed by atoms with Crippen LogP contribution >= 0.6 is 0 Å². The number of hydrogen-bond donors (Lipinski definition) is 0. The van der Waals surface area contributed by atoms with Crippen LogP contribution in [0.15, 0.2) is 47.4 Å². The molecule has 1 fully saturated rings. The number of anilines is 1. The summed E-state index contributed by atoms with van der Waals surface area (Å²) >= 11 is 0. The minimum absolute atomic E-state index is 0.0137. The summed E-state index contributed by atoms with van der Waals surface area (Å²) in [5, 5.41) is 0. The minimum Gasteiger partial charge on any atom is -0.486 e. The Balaban J connectivity index is 1.57. The third-order valence-electron chi connectivity index (χ3n) is 4.71. The van der Waals surface area contributed by atoms with E-state index < -0.39 is 16.1 Å². The third kappa shape index (κ3) is 1.95. The van der Waals surface area contributed by atoms with Crippen molar-refractivity contribution in [2.24, 2.45) is 0 Å². The van der Waals surface area contributed by atoms with Crippen molar-refractivity contribution in [3.05, 3.63) is 48.0 Å². The van der Waals surface area contributed by atoms with Gasteiger partial charge in [0.15, 0.2) is 11.5 Å². The number of hydrogen-bond acceptors (Lipinski definition) is 5. The minimum atomic E-state index is -3.66. The van der Waals surface area contributed by atoms with Gasteiger partial charge in [0.25, 0.3) is 5.91 Å². The number of ether oxygens (including phenoxy) is 2. The summed E-state index contributed by atoms with van der Waals surface area (Å²) in [5.41, 5.74) is 1.13. The fourth-order valence-electron chi connectivity index (χ4n) is 3.54. The van der Waals surface area contributed by atoms with Crippen LogP contribution in [0.4, 0.5) is 5.69 Å². The molecule has 7 nitrogen and oxygen atoms in total. The van der Waals surface area contributed by atoms with E-state index in [1.54, 1.807) is 42.5 Å². The van der Waals surface area contributed by atoms with Crippen LogP contribution in [-0.2, 0) is 14.8 Å². The van der Waals surface area contributed by atoms with Crippen LogP contribution in [0, 0.1) is 0 Å². The maximum Gasteiger partial charge on any atom is 0.251 e. The molecule has 0 N–H and O–H groups in total. The molecule has 8 heteroatoms. The average Bonchev–Trinajstić information content (AvgIpc) is 3.09. The van der Waals surface area contributed by atoms with Crippen LogP contribution < -0.4 is 14.4 Å². The Labute approximate surface area is 144 Å². The topological polar surface area (TPSA) is 76.2 Å². The number of amides is 1. The molecule has 1 saturated heterocycles. The van der Waals surface area contributed by atoms with Gasteiger partial charge in [-0.3, -0.25) is 9.69 Å². The number of sulfonamides is 1. The van der Waals surface area contributed by atoms with Gasteiger partial charge in [0, 0.05) is 11.8 Å². The molecule has 3 aliphatic heterocycles. The normalized spacial score (nSPS) is 23.4. The van der Waals surface area contributed by atoms with Gasteiger partial charge in [-0.25, -0.2) is 8.42 Å². The highest BCUT2D eigenvalue weighted by molar-refractivity contribution is 7.89. The monoisotopic (exact) mass is 358 g/mol. The van der Waals surface area contributed by atoms with Crippen molar-refractivity contribution in [2.75, 3.05) is 24.8 Å². The summed E-state index contributed by atoms with van der Waals surface area (Å²) in [6.45, 7) is 0.918. The largest absolute Gasteiger partial charge is 0.486 e. The Morgan fingerprint density at radius 1 is 1.00 bits per heavy atom. The van der Waals surface area contributed by atoms with Gasteiger partial charge in [0.2, 0.25) is 10.0 Å². The van der Waals surface area contributed by atoms with Crippen LogP contribution in [-0.4, -0.2) is 38.5 Å². The van der Waals surface area contributed by atoms with Crippen LogP contribution in [0.3, 0.4) is 0 Å². The van der Waals surface area contributed by atoms with E-state index in [2.05, 4.69) is 0 Å². The van der Waals surface area contributed by atoms with Gasteiger partial charge in [-0.15, -0.1) is 0 Å². The van der Waals surface area contributed by atoms with Crippen molar-refractivity contribution in [1.29, 1.82) is 0 Å². The van der Waals surface area contributed by atoms with E-state index in [0.29, 0.717) is 36.0 Å². The molecule has 0 aliphatic carbocycles. The second kappa shape index (κ2) is 4.96. The molecule has 0 radical (unpaired) electrons. The van der Waals surface area contributed by atoms with Gasteiger partial charge in [0.05, 0.1) is 11.6 Å². The van der Waals surface area contributed by atoms with Crippen LogP contribution in [0.5, 0.6) is 11.5 Å². The first-order chi connectivity index (χ1) is 12.1. The molecular weight excluding hydrogens is 344 g/mol. The molecule has 25 heavy (non-hydrogen) atoms. The fourth-order valence-corrected chi connectivity index (χ4v) is 5.27. The molecule has 0 spiro atoms. The fraction of sp³-hybridized carbons (Fsp3) is 0.235. The quantitative estimate of drug-likeness (QED) is 0.772. The summed E-state index contributed by atoms with van der Waals surface area (Å²) in [6.07, 6.45) is 0. The molecule has 0 aromatic heterocycles. The number of rotatable bonds is 1. The molecule has 2 aromatic rings. The molecule has 0 saturated carbocycles. The van der Waals surface area contributed by atoms with Crippen molar-refractivity contribution in [1.82, 2.24) is 4.31 Å². The van der Waals surface area contributed by atoms with E-state index in [1.807, 2.05) is 0 Å². The zero-order valence-electron chi connectivity index (χ0n) is 13.1. The number of carbonyl (C=O) groups is 1. The number of fused-ring (bicyclic) bond motifs is 4. The summed E-state index contributed by atoms with van der Waals surface area (Å²) in [4.78, 5) is 14.6. The van der Waals surface area contributed by atoms with Gasteiger partial charge < -0.3 is 9.47 Å². The SMILES string of the molecule is O=C1C2c3ccccc3S(=O)(=O)N2CN1c1ccc2c(c1)OCCO2. The predicted molar refractivity (Wildman–Crippen MR) is 88.0 cm³/mol. The van der Waals surface area contributed by atoms with Gasteiger partial charge in [-0.1, -0.05) is 18.2 Å². The van der Waals surface area contributed by atoms with E-state index in [9.17, 15) is 13.2 Å². The van der Waals surface area contributed by atoms with E-state index in [4.69, 9.17) is 9.47 Å². The number of benzene rings is 2. The Morgan fingerprint density at radius 2 is 1.76 bits per heavy atom. The van der Waals surface area contributed by atoms with Crippen LogP contribution in [0.2, 0.25) is 0 Å². The molecular formula is C17H14N2O5S. The van der Waals surface area contributed by atoms with E-state index >= 15 is 0 Å². The zero-order chi connectivity index (χ0) is 17.2. The predicted octanol–water partition coefficient (Wildman–Crippen LogP) is 1.51. The van der Waals surface area contributed by atoms with Crippen LogP contribution in [0.1, 0.15) is 11.6 Å². The Morgan fingerprint density at radius 3 is 2.60 bits per heavy atom. The molecule has 1 amide bonds. The number of nitrogens with zero attached hydrogens (tertiary/aromatic N) is 2. The first-order valence-corrected chi connectivity index (χ1v) is 9.33. The second-order valence-electron chi connectivity index (χ2n) is 6.07. The lowest BCUT2D eigenvalue weighted by Gasteiger charge is -2.22. The standard InChI is InChI=1S/C17H14N2O5S/c20-17-16-12-3-1-2-4-15(12)25(21,22)19(16)10-18(17)11-5-6-13-14(9-11)24-8-7-23-13/h1-6,9,16H,7-8,10H2. The van der Waals surface area contributed by atoms with Crippen molar-refractivity contribution in [3.63, 3.8) is 0 Å². The van der Waals surface area contributed by atoms with E-state index in [1.165, 1.54) is 9.21 Å². The first kappa shape index (κ1) is 14.7. The Bertz CT molecular complexity index is 1000. The van der Waals surface area contributed by atoms with Gasteiger partial charge in [-0.2, -0.15) is 4.31 Å². The van der Waals surface area contributed by atoms with Gasteiger partial charge >= 0.3 is 0 Å². The lowest BCUT2D eigenvalue weighted by atomic mass is 10.1.